The van der Waals surface area contributed by atoms with Crippen molar-refractivity contribution in [2.75, 3.05) is 13.1 Å². The monoisotopic (exact) mass is 316 g/mol. The number of hydrogen-bond acceptors (Lipinski definition) is 3. The topological polar surface area (TPSA) is 66.5 Å². The van der Waals surface area contributed by atoms with E-state index < -0.39 is 27.3 Å². The predicted octanol–water partition coefficient (Wildman–Crippen LogP) is 1.75. The van der Waals surface area contributed by atoms with Crippen LogP contribution in [0.5, 0.6) is 0 Å². The van der Waals surface area contributed by atoms with Crippen LogP contribution in [0.4, 0.5) is 4.39 Å². The molecule has 0 heterocycles. The van der Waals surface area contributed by atoms with Gasteiger partial charge in [-0.1, -0.05) is 13.0 Å². The zero-order chi connectivity index (χ0) is 16.3. The van der Waals surface area contributed by atoms with Crippen LogP contribution in [-0.2, 0) is 14.8 Å². The second kappa shape index (κ2) is 6.53. The summed E-state index contributed by atoms with van der Waals surface area (Å²) in [5.41, 5.74) is -0.445. The SMILES string of the molecule is CCN(CC(=O)NC(C)(C)C)S(=O)(=O)c1cccc(F)c1. The molecule has 0 unspecified atom stereocenters. The molecule has 0 fully saturated rings. The van der Waals surface area contributed by atoms with Crippen LogP contribution in [0.1, 0.15) is 27.7 Å². The van der Waals surface area contributed by atoms with Crippen molar-refractivity contribution in [3.8, 4) is 0 Å². The molecule has 0 aliphatic carbocycles. The van der Waals surface area contributed by atoms with Gasteiger partial charge in [0.15, 0.2) is 0 Å². The molecule has 0 saturated heterocycles. The van der Waals surface area contributed by atoms with E-state index in [1.54, 1.807) is 6.92 Å². The van der Waals surface area contributed by atoms with Crippen LogP contribution in [0, 0.1) is 5.82 Å². The summed E-state index contributed by atoms with van der Waals surface area (Å²) in [5.74, 6) is -1.03. The number of benzene rings is 1. The van der Waals surface area contributed by atoms with Crippen molar-refractivity contribution in [2.24, 2.45) is 0 Å². The zero-order valence-electron chi connectivity index (χ0n) is 12.7. The Balaban J connectivity index is 2.96. The molecular formula is C14H21FN2O3S. The summed E-state index contributed by atoms with van der Waals surface area (Å²) in [6, 6.07) is 4.75. The molecule has 1 aromatic rings. The van der Waals surface area contributed by atoms with Gasteiger partial charge in [-0.3, -0.25) is 4.79 Å². The molecule has 7 heteroatoms. The Morgan fingerprint density at radius 2 is 1.95 bits per heavy atom. The maximum Gasteiger partial charge on any atom is 0.243 e. The number of amides is 1. The molecule has 0 aliphatic heterocycles. The van der Waals surface area contributed by atoms with Gasteiger partial charge in [0.2, 0.25) is 15.9 Å². The molecular weight excluding hydrogens is 295 g/mol. The summed E-state index contributed by atoms with van der Waals surface area (Å²) in [6.45, 7) is 6.87. The van der Waals surface area contributed by atoms with Crippen LogP contribution < -0.4 is 5.32 Å². The van der Waals surface area contributed by atoms with Crippen molar-refractivity contribution in [3.63, 3.8) is 0 Å². The highest BCUT2D eigenvalue weighted by Crippen LogP contribution is 2.16. The molecule has 118 valence electrons. The normalized spacial score (nSPS) is 12.5. The van der Waals surface area contributed by atoms with Crippen molar-refractivity contribution < 1.29 is 17.6 Å². The molecule has 1 aromatic carbocycles. The molecule has 1 amide bonds. The number of nitrogens with zero attached hydrogens (tertiary/aromatic N) is 1. The molecule has 1 N–H and O–H groups in total. The lowest BCUT2D eigenvalue weighted by Gasteiger charge is -2.24. The number of carbonyl (C=O) groups is 1. The molecule has 0 radical (unpaired) electrons. The van der Waals surface area contributed by atoms with Crippen molar-refractivity contribution in [1.29, 1.82) is 0 Å². The van der Waals surface area contributed by atoms with E-state index >= 15 is 0 Å². The molecule has 0 atom stereocenters. The van der Waals surface area contributed by atoms with E-state index in [2.05, 4.69) is 5.32 Å². The predicted molar refractivity (Wildman–Crippen MR) is 78.7 cm³/mol. The van der Waals surface area contributed by atoms with Gasteiger partial charge < -0.3 is 5.32 Å². The standard InChI is InChI=1S/C14H21FN2O3S/c1-5-17(10-13(18)16-14(2,3)4)21(19,20)12-8-6-7-11(15)9-12/h6-9H,5,10H2,1-4H3,(H,16,18). The third-order valence-electron chi connectivity index (χ3n) is 2.62. The number of sulfonamides is 1. The summed E-state index contributed by atoms with van der Waals surface area (Å²) in [4.78, 5) is 11.7. The summed E-state index contributed by atoms with van der Waals surface area (Å²) in [7, 11) is -3.89. The first kappa shape index (κ1) is 17.6. The number of rotatable bonds is 5. The molecule has 0 saturated carbocycles. The minimum Gasteiger partial charge on any atom is -0.350 e. The third-order valence-corrected chi connectivity index (χ3v) is 4.54. The molecule has 21 heavy (non-hydrogen) atoms. The van der Waals surface area contributed by atoms with Crippen molar-refractivity contribution in [3.05, 3.63) is 30.1 Å². The second-order valence-electron chi connectivity index (χ2n) is 5.69. The Labute approximate surface area is 125 Å². The number of hydrogen-bond donors (Lipinski definition) is 1. The minimum absolute atomic E-state index is 0.121. The molecule has 0 aliphatic rings. The van der Waals surface area contributed by atoms with Crippen molar-refractivity contribution >= 4 is 15.9 Å². The molecule has 5 nitrogen and oxygen atoms in total. The van der Waals surface area contributed by atoms with E-state index in [1.807, 2.05) is 20.8 Å². The lowest BCUT2D eigenvalue weighted by molar-refractivity contribution is -0.122. The van der Waals surface area contributed by atoms with Gasteiger partial charge in [0.25, 0.3) is 0 Å². The van der Waals surface area contributed by atoms with Gasteiger partial charge in [-0.05, 0) is 39.0 Å². The van der Waals surface area contributed by atoms with Crippen LogP contribution in [0.3, 0.4) is 0 Å². The quantitative estimate of drug-likeness (QED) is 0.900. The summed E-state index contributed by atoms with van der Waals surface area (Å²) < 4.78 is 39.0. The maximum atomic E-state index is 13.2. The van der Waals surface area contributed by atoms with Crippen LogP contribution in [0.15, 0.2) is 29.2 Å². The first-order valence-electron chi connectivity index (χ1n) is 6.63. The number of nitrogens with one attached hydrogen (secondary N) is 1. The molecule has 0 bridgehead atoms. The second-order valence-corrected chi connectivity index (χ2v) is 7.62. The van der Waals surface area contributed by atoms with Gasteiger partial charge in [0, 0.05) is 12.1 Å². The van der Waals surface area contributed by atoms with Crippen LogP contribution in [0.2, 0.25) is 0 Å². The molecule has 0 spiro atoms. The van der Waals surface area contributed by atoms with Crippen molar-refractivity contribution in [1.82, 2.24) is 9.62 Å². The number of halogens is 1. The number of likely N-dealkylation sites (N-methyl/N-ethyl adjacent to an activating group) is 1. The van der Waals surface area contributed by atoms with E-state index in [0.717, 1.165) is 10.4 Å². The fourth-order valence-corrected chi connectivity index (χ4v) is 3.20. The summed E-state index contributed by atoms with van der Waals surface area (Å²) >= 11 is 0. The third kappa shape index (κ3) is 5.09. The van der Waals surface area contributed by atoms with E-state index in [4.69, 9.17) is 0 Å². The Kier molecular flexibility index (Phi) is 5.47. The highest BCUT2D eigenvalue weighted by Gasteiger charge is 2.26. The van der Waals surface area contributed by atoms with Gasteiger partial charge in [-0.15, -0.1) is 0 Å². The fraction of sp³-hybridized carbons (Fsp3) is 0.500. The maximum absolute atomic E-state index is 13.2. The van der Waals surface area contributed by atoms with E-state index in [9.17, 15) is 17.6 Å². The van der Waals surface area contributed by atoms with Gasteiger partial charge in [-0.25, -0.2) is 12.8 Å². The Morgan fingerprint density at radius 1 is 1.33 bits per heavy atom. The minimum atomic E-state index is -3.89. The van der Waals surface area contributed by atoms with Crippen LogP contribution in [0.25, 0.3) is 0 Å². The van der Waals surface area contributed by atoms with Gasteiger partial charge >= 0.3 is 0 Å². The molecule has 0 aromatic heterocycles. The lowest BCUT2D eigenvalue weighted by atomic mass is 10.1. The summed E-state index contributed by atoms with van der Waals surface area (Å²) in [6.07, 6.45) is 0. The summed E-state index contributed by atoms with van der Waals surface area (Å²) in [5, 5.41) is 2.70. The number of carbonyl (C=O) groups excluding carboxylic acids is 1. The highest BCUT2D eigenvalue weighted by molar-refractivity contribution is 7.89. The van der Waals surface area contributed by atoms with E-state index in [0.29, 0.717) is 0 Å². The lowest BCUT2D eigenvalue weighted by Crippen LogP contribution is -2.47. The van der Waals surface area contributed by atoms with Crippen LogP contribution >= 0.6 is 0 Å². The Bertz CT molecular complexity index is 609. The van der Waals surface area contributed by atoms with E-state index in [1.165, 1.54) is 18.2 Å². The van der Waals surface area contributed by atoms with Crippen LogP contribution in [-0.4, -0.2) is 37.3 Å². The Morgan fingerprint density at radius 3 is 2.43 bits per heavy atom. The van der Waals surface area contributed by atoms with Gasteiger partial charge in [0.05, 0.1) is 11.4 Å². The fourth-order valence-electron chi connectivity index (χ4n) is 1.76. The zero-order valence-corrected chi connectivity index (χ0v) is 13.5. The van der Waals surface area contributed by atoms with Crippen molar-refractivity contribution in [2.45, 2.75) is 38.1 Å². The first-order valence-corrected chi connectivity index (χ1v) is 8.07. The average molecular weight is 316 g/mol. The van der Waals surface area contributed by atoms with Gasteiger partial charge in [0.1, 0.15) is 5.82 Å². The Hall–Kier alpha value is -1.47. The van der Waals surface area contributed by atoms with Gasteiger partial charge in [-0.2, -0.15) is 4.31 Å². The highest BCUT2D eigenvalue weighted by atomic mass is 32.2. The van der Waals surface area contributed by atoms with E-state index in [-0.39, 0.29) is 18.0 Å². The average Bonchev–Trinajstić information content (AvgIpc) is 2.33. The molecule has 1 rings (SSSR count). The first-order chi connectivity index (χ1) is 9.56. The largest absolute Gasteiger partial charge is 0.350 e. The smallest absolute Gasteiger partial charge is 0.243 e.